The fourth-order valence-electron chi connectivity index (χ4n) is 1.96. The molecule has 1 N–H and O–H groups in total. The molecule has 1 heteroatoms. The van der Waals surface area contributed by atoms with Crippen LogP contribution < -0.4 is 5.32 Å². The molecule has 0 radical (unpaired) electrons. The molecule has 1 nitrogen and oxygen atoms in total. The highest BCUT2D eigenvalue weighted by Crippen LogP contribution is 2.15. The Labute approximate surface area is 106 Å². The summed E-state index contributed by atoms with van der Waals surface area (Å²) in [6.45, 7) is 10.9. The monoisotopic (exact) mass is 231 g/mol. The number of benzene rings is 1. The first kappa shape index (κ1) is 14.0. The molecule has 17 heavy (non-hydrogen) atoms. The molecule has 0 saturated heterocycles. The van der Waals surface area contributed by atoms with Crippen LogP contribution in [0.1, 0.15) is 37.0 Å². The topological polar surface area (TPSA) is 12.0 Å². The molecule has 0 unspecified atom stereocenters. The summed E-state index contributed by atoms with van der Waals surface area (Å²) in [6, 6.07) is 6.70. The van der Waals surface area contributed by atoms with E-state index in [1.807, 2.05) is 0 Å². The van der Waals surface area contributed by atoms with Gasteiger partial charge in [-0.1, -0.05) is 42.3 Å². The molecule has 0 amide bonds. The van der Waals surface area contributed by atoms with Crippen molar-refractivity contribution in [2.24, 2.45) is 0 Å². The van der Waals surface area contributed by atoms with Crippen LogP contribution in [0.25, 0.3) is 0 Å². The van der Waals surface area contributed by atoms with Crippen LogP contribution in [0.2, 0.25) is 0 Å². The maximum Gasteiger partial charge on any atom is -0.00143 e. The van der Waals surface area contributed by atoms with E-state index in [4.69, 9.17) is 0 Å². The molecule has 1 aromatic carbocycles. The third kappa shape index (κ3) is 5.18. The minimum atomic E-state index is 1.06. The van der Waals surface area contributed by atoms with Crippen LogP contribution in [0, 0.1) is 13.8 Å². The molecule has 0 aromatic heterocycles. The van der Waals surface area contributed by atoms with E-state index in [1.165, 1.54) is 22.3 Å². The Morgan fingerprint density at radius 3 is 2.76 bits per heavy atom. The van der Waals surface area contributed by atoms with Gasteiger partial charge in [0.15, 0.2) is 0 Å². The number of hydrogen-bond acceptors (Lipinski definition) is 1. The first-order valence-electron chi connectivity index (χ1n) is 6.56. The summed E-state index contributed by atoms with van der Waals surface area (Å²) < 4.78 is 0. The van der Waals surface area contributed by atoms with Gasteiger partial charge in [0.05, 0.1) is 0 Å². The Morgan fingerprint density at radius 1 is 1.29 bits per heavy atom. The molecule has 0 aliphatic carbocycles. The first-order chi connectivity index (χ1) is 8.13. The number of nitrogens with one attached hydrogen (secondary N) is 1. The number of rotatable bonds is 6. The minimum absolute atomic E-state index is 1.06. The van der Waals surface area contributed by atoms with Crippen LogP contribution in [0.5, 0.6) is 0 Å². The normalized spacial score (nSPS) is 11.9. The Morgan fingerprint density at radius 2 is 2.06 bits per heavy atom. The van der Waals surface area contributed by atoms with E-state index >= 15 is 0 Å². The number of aryl methyl sites for hydroxylation is 2. The van der Waals surface area contributed by atoms with Crippen molar-refractivity contribution in [3.63, 3.8) is 0 Å². The second-order valence-electron chi connectivity index (χ2n) is 4.80. The quantitative estimate of drug-likeness (QED) is 0.580. The van der Waals surface area contributed by atoms with Gasteiger partial charge in [-0.2, -0.15) is 0 Å². The predicted molar refractivity (Wildman–Crippen MR) is 76.5 cm³/mol. The molecular weight excluding hydrogens is 206 g/mol. The van der Waals surface area contributed by atoms with Crippen LogP contribution in [-0.4, -0.2) is 13.1 Å². The molecule has 0 atom stereocenters. The van der Waals surface area contributed by atoms with Gasteiger partial charge in [0.2, 0.25) is 0 Å². The van der Waals surface area contributed by atoms with Gasteiger partial charge < -0.3 is 5.32 Å². The van der Waals surface area contributed by atoms with Crippen molar-refractivity contribution in [1.82, 2.24) is 5.32 Å². The Bertz CT molecular complexity index is 377. The largest absolute Gasteiger partial charge is 0.317 e. The van der Waals surface area contributed by atoms with Gasteiger partial charge in [-0.15, -0.1) is 0 Å². The third-order valence-corrected chi connectivity index (χ3v) is 3.04. The van der Waals surface area contributed by atoms with Gasteiger partial charge in [-0.25, -0.2) is 0 Å². The van der Waals surface area contributed by atoms with E-state index in [0.717, 1.165) is 25.9 Å². The highest BCUT2D eigenvalue weighted by atomic mass is 14.8. The van der Waals surface area contributed by atoms with Crippen molar-refractivity contribution in [2.75, 3.05) is 13.1 Å². The summed E-state index contributed by atoms with van der Waals surface area (Å²) in [5.41, 5.74) is 5.68. The molecule has 0 aliphatic rings. The van der Waals surface area contributed by atoms with E-state index in [1.54, 1.807) is 0 Å². The lowest BCUT2D eigenvalue weighted by molar-refractivity contribution is 0.724. The molecule has 0 spiro atoms. The van der Waals surface area contributed by atoms with E-state index in [2.05, 4.69) is 57.3 Å². The van der Waals surface area contributed by atoms with E-state index in [-0.39, 0.29) is 0 Å². The lowest BCUT2D eigenvalue weighted by atomic mass is 9.99. The van der Waals surface area contributed by atoms with Crippen molar-refractivity contribution in [3.8, 4) is 0 Å². The van der Waals surface area contributed by atoms with Crippen molar-refractivity contribution in [2.45, 2.75) is 40.5 Å². The average Bonchev–Trinajstić information content (AvgIpc) is 2.29. The minimum Gasteiger partial charge on any atom is -0.317 e. The predicted octanol–water partition coefficient (Wildman–Crippen LogP) is 3.79. The molecule has 0 bridgehead atoms. The zero-order valence-corrected chi connectivity index (χ0v) is 11.6. The van der Waals surface area contributed by atoms with E-state index in [9.17, 15) is 0 Å². The lowest BCUT2D eigenvalue weighted by Crippen LogP contribution is -2.13. The molecule has 1 rings (SSSR count). The maximum absolute atomic E-state index is 3.34. The summed E-state index contributed by atoms with van der Waals surface area (Å²) in [5.74, 6) is 0. The second-order valence-corrected chi connectivity index (χ2v) is 4.80. The van der Waals surface area contributed by atoms with Crippen LogP contribution >= 0.6 is 0 Å². The van der Waals surface area contributed by atoms with Gasteiger partial charge in [-0.3, -0.25) is 0 Å². The van der Waals surface area contributed by atoms with E-state index in [0.29, 0.717) is 0 Å². The zero-order valence-electron chi connectivity index (χ0n) is 11.6. The highest BCUT2D eigenvalue weighted by Gasteiger charge is 1.99. The van der Waals surface area contributed by atoms with Crippen LogP contribution in [0.15, 0.2) is 29.8 Å². The van der Waals surface area contributed by atoms with Gasteiger partial charge in [0.25, 0.3) is 0 Å². The van der Waals surface area contributed by atoms with Gasteiger partial charge in [-0.05, 0) is 57.8 Å². The molecule has 0 fully saturated rings. The summed E-state index contributed by atoms with van der Waals surface area (Å²) in [4.78, 5) is 0. The number of hydrogen-bond donors (Lipinski definition) is 1. The first-order valence-corrected chi connectivity index (χ1v) is 6.56. The summed E-state index contributed by atoms with van der Waals surface area (Å²) in [7, 11) is 0. The van der Waals surface area contributed by atoms with Crippen molar-refractivity contribution >= 4 is 0 Å². The summed E-state index contributed by atoms with van der Waals surface area (Å²) >= 11 is 0. The average molecular weight is 231 g/mol. The van der Waals surface area contributed by atoms with Crippen LogP contribution in [-0.2, 0) is 6.42 Å². The molecule has 1 aromatic rings. The van der Waals surface area contributed by atoms with Crippen molar-refractivity contribution in [1.29, 1.82) is 0 Å². The zero-order chi connectivity index (χ0) is 12.7. The Kier molecular flexibility index (Phi) is 5.99. The SMILES string of the molecule is CCNCCC=C(C)Cc1cc(C)ccc1C. The van der Waals surface area contributed by atoms with Crippen molar-refractivity contribution in [3.05, 3.63) is 46.5 Å². The summed E-state index contributed by atoms with van der Waals surface area (Å²) in [6.07, 6.45) is 4.56. The summed E-state index contributed by atoms with van der Waals surface area (Å²) in [5, 5.41) is 3.34. The Balaban J connectivity index is 2.55. The van der Waals surface area contributed by atoms with Gasteiger partial charge in [0.1, 0.15) is 0 Å². The lowest BCUT2D eigenvalue weighted by Gasteiger charge is -2.08. The molecule has 0 aliphatic heterocycles. The smallest absolute Gasteiger partial charge is 0.00143 e. The molecule has 0 heterocycles. The highest BCUT2D eigenvalue weighted by molar-refractivity contribution is 5.33. The second kappa shape index (κ2) is 7.29. The van der Waals surface area contributed by atoms with Crippen LogP contribution in [0.4, 0.5) is 0 Å². The van der Waals surface area contributed by atoms with Gasteiger partial charge in [0, 0.05) is 0 Å². The van der Waals surface area contributed by atoms with Gasteiger partial charge >= 0.3 is 0 Å². The number of allylic oxidation sites excluding steroid dienone is 1. The fraction of sp³-hybridized carbons (Fsp3) is 0.500. The standard InChI is InChI=1S/C16H25N/c1-5-17-10-6-7-13(2)11-16-12-14(3)8-9-15(16)4/h7-9,12,17H,5-6,10-11H2,1-4H3. The fourth-order valence-corrected chi connectivity index (χ4v) is 1.96. The molecular formula is C16H25N. The van der Waals surface area contributed by atoms with E-state index < -0.39 is 0 Å². The van der Waals surface area contributed by atoms with Crippen molar-refractivity contribution < 1.29 is 0 Å². The molecule has 0 saturated carbocycles. The third-order valence-electron chi connectivity index (χ3n) is 3.04. The molecule has 94 valence electrons. The van der Waals surface area contributed by atoms with Crippen LogP contribution in [0.3, 0.4) is 0 Å². The Hall–Kier alpha value is -1.08. The maximum atomic E-state index is 3.34.